The van der Waals surface area contributed by atoms with Gasteiger partial charge in [0.1, 0.15) is 0 Å². The molecule has 3 aromatic rings. The van der Waals surface area contributed by atoms with E-state index in [9.17, 15) is 9.59 Å². The molecule has 194 valence electrons. The molecule has 0 saturated heterocycles. The van der Waals surface area contributed by atoms with Crippen LogP contribution >= 0.6 is 0 Å². The van der Waals surface area contributed by atoms with Gasteiger partial charge in [0.05, 0.1) is 0 Å². The van der Waals surface area contributed by atoms with E-state index < -0.39 is 0 Å². The van der Waals surface area contributed by atoms with Gasteiger partial charge in [-0.25, -0.2) is 0 Å². The summed E-state index contributed by atoms with van der Waals surface area (Å²) >= 11 is 0. The van der Waals surface area contributed by atoms with Gasteiger partial charge in [-0.1, -0.05) is 59.7 Å². The fraction of sp³-hybridized carbons (Fsp3) is 0.188. The summed E-state index contributed by atoms with van der Waals surface area (Å²) in [5, 5.41) is 0. The molecule has 3 aromatic carbocycles. The van der Waals surface area contributed by atoms with Gasteiger partial charge in [-0.3, -0.25) is 9.59 Å². The number of nitrogens with zero attached hydrogens (tertiary/aromatic N) is 2. The van der Waals surface area contributed by atoms with Crippen molar-refractivity contribution < 1.29 is 30.0 Å². The Labute approximate surface area is 235 Å². The molecule has 5 rings (SSSR count). The predicted octanol–water partition coefficient (Wildman–Crippen LogP) is 7.52. The third-order valence-electron chi connectivity index (χ3n) is 6.27. The van der Waals surface area contributed by atoms with Gasteiger partial charge in [-0.15, -0.1) is 6.67 Å². The van der Waals surface area contributed by atoms with Crippen LogP contribution in [0.1, 0.15) is 54.1 Å². The molecule has 1 heterocycles. The number of rotatable bonds is 2. The Balaban J connectivity index is 0.000000292. The van der Waals surface area contributed by atoms with Crippen LogP contribution < -0.4 is 9.80 Å². The largest absolute Gasteiger partial charge is 2.00 e. The van der Waals surface area contributed by atoms with Gasteiger partial charge in [-0.2, -0.15) is 0 Å². The molecule has 0 aromatic heterocycles. The number of benzene rings is 3. The van der Waals surface area contributed by atoms with Crippen molar-refractivity contribution in [3.8, 4) is 0 Å². The Hall–Kier alpha value is -3.26. The van der Waals surface area contributed by atoms with Crippen LogP contribution in [-0.4, -0.2) is 11.6 Å². The summed E-state index contributed by atoms with van der Waals surface area (Å²) in [7, 11) is 0. The maximum atomic E-state index is 11.2. The maximum absolute atomic E-state index is 11.2. The Bertz CT molecular complexity index is 1240. The zero-order chi connectivity index (χ0) is 25.3. The minimum absolute atomic E-state index is 0. The fourth-order valence-corrected chi connectivity index (χ4v) is 5.02. The summed E-state index contributed by atoms with van der Waals surface area (Å²) in [6, 6.07) is 15.8. The van der Waals surface area contributed by atoms with Crippen molar-refractivity contribution >= 4 is 22.9 Å². The van der Waals surface area contributed by atoms with Gasteiger partial charge in [0.25, 0.3) is 0 Å². The topological polar surface area (TPSA) is 40.6 Å². The zero-order valence-electron chi connectivity index (χ0n) is 22.5. The van der Waals surface area contributed by atoms with Crippen molar-refractivity contribution in [1.29, 1.82) is 0 Å². The summed E-state index contributed by atoms with van der Waals surface area (Å²) < 4.78 is 0. The minimum atomic E-state index is -0.0924. The molecule has 0 N–H and O–H groups in total. The number of carbonyl (C=O) groups is 2. The molecule has 37 heavy (non-hydrogen) atoms. The van der Waals surface area contributed by atoms with E-state index in [2.05, 4.69) is 94.7 Å². The van der Waals surface area contributed by atoms with Crippen molar-refractivity contribution in [2.24, 2.45) is 0 Å². The first-order chi connectivity index (χ1) is 16.7. The summed E-state index contributed by atoms with van der Waals surface area (Å²) in [5.74, 6) is -0.185. The van der Waals surface area contributed by atoms with Crippen molar-refractivity contribution in [3.63, 3.8) is 0 Å². The van der Waals surface area contributed by atoms with Gasteiger partial charge in [0.2, 0.25) is 0 Å². The number of anilines is 2. The molecule has 0 radical (unpaired) electrons. The smallest absolute Gasteiger partial charge is 0.479 e. The second-order valence-corrected chi connectivity index (χ2v) is 9.33. The molecule has 0 atom stereocenters. The molecule has 5 heteroatoms. The average Bonchev–Trinajstić information content (AvgIpc) is 3.24. The molecule has 0 unspecified atom stereocenters. The Kier molecular flexibility index (Phi) is 9.98. The second-order valence-electron chi connectivity index (χ2n) is 9.33. The number of hydrogen-bond acceptors (Lipinski definition) is 4. The summed E-state index contributed by atoms with van der Waals surface area (Å²) in [5.41, 5.74) is 11.4. The van der Waals surface area contributed by atoms with E-state index in [-0.39, 0.29) is 39.4 Å². The van der Waals surface area contributed by atoms with Gasteiger partial charge < -0.3 is 17.2 Å². The van der Waals surface area contributed by atoms with E-state index in [0.717, 1.165) is 0 Å². The van der Waals surface area contributed by atoms with Crippen LogP contribution in [0.15, 0.2) is 73.1 Å². The van der Waals surface area contributed by atoms with E-state index in [1.54, 1.807) is 24.3 Å². The summed E-state index contributed by atoms with van der Waals surface area (Å²) in [6.07, 6.45) is 6.90. The molecule has 1 aliphatic carbocycles. The van der Waals surface area contributed by atoms with E-state index in [0.29, 0.717) is 11.1 Å². The minimum Gasteiger partial charge on any atom is -0.479 e. The first-order valence-electron chi connectivity index (χ1n) is 11.8. The average molecular weight is 585 g/mol. The monoisotopic (exact) mass is 584 g/mol. The number of carbonyl (C=O) groups excluding carboxylic acids is 2. The van der Waals surface area contributed by atoms with Crippen LogP contribution in [0.4, 0.5) is 11.4 Å². The number of ketones is 2. The normalized spacial score (nSPS) is 13.5. The van der Waals surface area contributed by atoms with E-state index >= 15 is 0 Å². The molecule has 0 fully saturated rings. The Morgan fingerprint density at radius 3 is 1.24 bits per heavy atom. The van der Waals surface area contributed by atoms with Crippen molar-refractivity contribution in [3.05, 3.63) is 132 Å². The molecule has 2 aliphatic rings. The third kappa shape index (κ3) is 6.36. The number of allylic oxidation sites excluding steroid dienone is 2. The van der Waals surface area contributed by atoms with E-state index in [1.165, 1.54) is 56.9 Å². The van der Waals surface area contributed by atoms with Crippen LogP contribution in [0.5, 0.6) is 0 Å². The Morgan fingerprint density at radius 2 is 0.919 bits per heavy atom. The van der Waals surface area contributed by atoms with Crippen LogP contribution in [0.3, 0.4) is 0 Å². The number of hydrogen-bond donors (Lipinski definition) is 0. The van der Waals surface area contributed by atoms with Gasteiger partial charge >= 0.3 is 20.4 Å². The predicted molar refractivity (Wildman–Crippen MR) is 150 cm³/mol. The zero-order valence-corrected chi connectivity index (χ0v) is 24.1. The summed E-state index contributed by atoms with van der Waals surface area (Å²) in [4.78, 5) is 26.8. The van der Waals surface area contributed by atoms with Crippen LogP contribution in [0, 0.1) is 55.6 Å². The van der Waals surface area contributed by atoms with Crippen molar-refractivity contribution in [1.82, 2.24) is 0 Å². The molecule has 4 nitrogen and oxygen atoms in total. The summed E-state index contributed by atoms with van der Waals surface area (Å²) in [6.45, 7) is 15.2. The van der Waals surface area contributed by atoms with Gasteiger partial charge in [0.15, 0.2) is 11.6 Å². The fourth-order valence-electron chi connectivity index (χ4n) is 5.02. The van der Waals surface area contributed by atoms with Crippen LogP contribution in [-0.2, 0) is 20.4 Å². The first kappa shape index (κ1) is 30.0. The first-order valence-corrected chi connectivity index (χ1v) is 11.8. The quantitative estimate of drug-likeness (QED) is 0.231. The Morgan fingerprint density at radius 1 is 0.595 bits per heavy atom. The third-order valence-corrected chi connectivity index (χ3v) is 6.27. The molecule has 1 aliphatic heterocycles. The van der Waals surface area contributed by atoms with Crippen LogP contribution in [0.25, 0.3) is 0 Å². The SMILES string of the molecule is Cc1cc(C)c(N2C=CN(c3c(C)cc(C)cc3C)[CH-]2)c(C)c1.O=C1C=CC(=O)c2ccccc21.[CH3-].[Pd+2]. The molecule has 0 bridgehead atoms. The number of fused-ring (bicyclic) bond motifs is 1. The van der Waals surface area contributed by atoms with Crippen LogP contribution in [0.2, 0.25) is 0 Å². The number of aryl methyl sites for hydroxylation is 6. The standard InChI is InChI=1S/C21H25N2.C10H6O2.CH3.Pd/c1-14-9-16(3)20(17(4)10-14)22-7-8-23(13-22)21-18(5)11-15(2)12-19(21)6;11-9-5-6-10(12)8-4-2-1-3-7(8)9;;/h7-13H,1-6H3;1-6H;1H3;/q-1;;-1;+2. The van der Waals surface area contributed by atoms with Gasteiger partial charge in [0, 0.05) is 22.5 Å². The molecule has 0 spiro atoms. The maximum Gasteiger partial charge on any atom is 2.00 e. The van der Waals surface area contributed by atoms with E-state index in [1.807, 2.05) is 0 Å². The second kappa shape index (κ2) is 12.3. The van der Waals surface area contributed by atoms with Gasteiger partial charge in [-0.05, 0) is 88.3 Å². The molecular weight excluding hydrogens is 551 g/mol. The van der Waals surface area contributed by atoms with Crippen molar-refractivity contribution in [2.75, 3.05) is 9.80 Å². The van der Waals surface area contributed by atoms with E-state index in [4.69, 9.17) is 0 Å². The molecule has 0 amide bonds. The molecular formula is C32H34N2O2Pd. The molecule has 0 saturated carbocycles. The van der Waals surface area contributed by atoms with Crippen molar-refractivity contribution in [2.45, 2.75) is 41.5 Å².